The Kier molecular flexibility index (Phi) is 4.52. The summed E-state index contributed by atoms with van der Waals surface area (Å²) in [5, 5.41) is 5.62. The van der Waals surface area contributed by atoms with Crippen LogP contribution in [0.1, 0.15) is 16.1 Å². The van der Waals surface area contributed by atoms with Gasteiger partial charge in [-0.2, -0.15) is 0 Å². The molecule has 1 amide bonds. The highest BCUT2D eigenvalue weighted by atomic mass is 32.1. The molecule has 4 aromatic rings. The number of carbonyl (C=O) groups excluding carboxylic acids is 1. The van der Waals surface area contributed by atoms with Crippen LogP contribution in [-0.2, 0) is 0 Å². The summed E-state index contributed by atoms with van der Waals surface area (Å²) in [6.07, 6.45) is 4.75. The SMILES string of the molecule is Cc1csc(-c2ccc(C(=O)Nc3ccc(-n4ccnc4)c(F)c3)cc2)n1. The predicted molar refractivity (Wildman–Crippen MR) is 104 cm³/mol. The van der Waals surface area contributed by atoms with Crippen molar-refractivity contribution in [1.82, 2.24) is 14.5 Å². The molecule has 0 aliphatic heterocycles. The highest BCUT2D eigenvalue weighted by molar-refractivity contribution is 7.13. The number of halogens is 1. The van der Waals surface area contributed by atoms with Crippen LogP contribution in [0, 0.1) is 12.7 Å². The first-order valence-corrected chi connectivity index (χ1v) is 9.10. The fraction of sp³-hybridized carbons (Fsp3) is 0.0500. The number of hydrogen-bond acceptors (Lipinski definition) is 4. The molecule has 0 fully saturated rings. The maximum atomic E-state index is 14.3. The first-order valence-electron chi connectivity index (χ1n) is 8.22. The monoisotopic (exact) mass is 378 g/mol. The molecular weight excluding hydrogens is 363 g/mol. The lowest BCUT2D eigenvalue weighted by Crippen LogP contribution is -2.12. The van der Waals surface area contributed by atoms with Crippen molar-refractivity contribution in [3.8, 4) is 16.3 Å². The molecule has 2 heterocycles. The van der Waals surface area contributed by atoms with Gasteiger partial charge in [-0.05, 0) is 37.3 Å². The number of thiazole rings is 1. The van der Waals surface area contributed by atoms with E-state index in [1.165, 1.54) is 12.4 Å². The fourth-order valence-corrected chi connectivity index (χ4v) is 3.45. The lowest BCUT2D eigenvalue weighted by molar-refractivity contribution is 0.102. The summed E-state index contributed by atoms with van der Waals surface area (Å²) in [6.45, 7) is 1.94. The summed E-state index contributed by atoms with van der Waals surface area (Å²) in [5.74, 6) is -0.744. The molecule has 1 N–H and O–H groups in total. The molecule has 0 aliphatic carbocycles. The third-order valence-electron chi connectivity index (χ3n) is 4.00. The highest BCUT2D eigenvalue weighted by Gasteiger charge is 2.10. The Morgan fingerprint density at radius 2 is 2.00 bits per heavy atom. The van der Waals surface area contributed by atoms with Crippen molar-refractivity contribution in [2.75, 3.05) is 5.32 Å². The number of aryl methyl sites for hydroxylation is 1. The van der Waals surface area contributed by atoms with Gasteiger partial charge in [0.1, 0.15) is 10.8 Å². The third kappa shape index (κ3) is 3.63. The average molecular weight is 378 g/mol. The summed E-state index contributed by atoms with van der Waals surface area (Å²) < 4.78 is 15.9. The lowest BCUT2D eigenvalue weighted by atomic mass is 10.1. The van der Waals surface area contributed by atoms with Crippen molar-refractivity contribution < 1.29 is 9.18 Å². The van der Waals surface area contributed by atoms with Crippen molar-refractivity contribution in [3.05, 3.63) is 83.6 Å². The van der Waals surface area contributed by atoms with Gasteiger partial charge >= 0.3 is 0 Å². The van der Waals surface area contributed by atoms with E-state index in [9.17, 15) is 9.18 Å². The Bertz CT molecular complexity index is 1090. The summed E-state index contributed by atoms with van der Waals surface area (Å²) in [4.78, 5) is 20.8. The topological polar surface area (TPSA) is 59.8 Å². The number of aromatic nitrogens is 3. The lowest BCUT2D eigenvalue weighted by Gasteiger charge is -2.09. The number of imidazole rings is 1. The molecule has 5 nitrogen and oxygen atoms in total. The van der Waals surface area contributed by atoms with E-state index in [0.29, 0.717) is 16.9 Å². The first-order chi connectivity index (χ1) is 13.1. The second-order valence-corrected chi connectivity index (χ2v) is 6.82. The average Bonchev–Trinajstić information content (AvgIpc) is 3.34. The minimum absolute atomic E-state index is 0.299. The highest BCUT2D eigenvalue weighted by Crippen LogP contribution is 2.24. The molecule has 0 unspecified atom stereocenters. The van der Waals surface area contributed by atoms with Crippen molar-refractivity contribution >= 4 is 22.9 Å². The van der Waals surface area contributed by atoms with Crippen molar-refractivity contribution in [2.45, 2.75) is 6.92 Å². The van der Waals surface area contributed by atoms with E-state index in [1.54, 1.807) is 52.6 Å². The zero-order valence-corrected chi connectivity index (χ0v) is 15.2. The number of benzene rings is 2. The van der Waals surface area contributed by atoms with E-state index in [2.05, 4.69) is 15.3 Å². The van der Waals surface area contributed by atoms with Gasteiger partial charge in [0.2, 0.25) is 0 Å². The van der Waals surface area contributed by atoms with Crippen LogP contribution >= 0.6 is 11.3 Å². The molecule has 2 aromatic heterocycles. The van der Waals surface area contributed by atoms with Gasteiger partial charge in [0.05, 0.1) is 12.0 Å². The van der Waals surface area contributed by atoms with Crippen LogP contribution in [-0.4, -0.2) is 20.4 Å². The van der Waals surface area contributed by atoms with Crippen molar-refractivity contribution in [1.29, 1.82) is 0 Å². The zero-order valence-electron chi connectivity index (χ0n) is 14.4. The number of rotatable bonds is 4. The number of hydrogen-bond donors (Lipinski definition) is 1. The van der Waals surface area contributed by atoms with Crippen LogP contribution < -0.4 is 5.32 Å². The largest absolute Gasteiger partial charge is 0.322 e. The van der Waals surface area contributed by atoms with Gasteiger partial charge < -0.3 is 9.88 Å². The van der Waals surface area contributed by atoms with Crippen LogP contribution in [0.25, 0.3) is 16.3 Å². The summed E-state index contributed by atoms with van der Waals surface area (Å²) in [7, 11) is 0. The van der Waals surface area contributed by atoms with Gasteiger partial charge in [-0.1, -0.05) is 12.1 Å². The van der Waals surface area contributed by atoms with Crippen LogP contribution in [0.3, 0.4) is 0 Å². The normalized spacial score (nSPS) is 10.7. The second kappa shape index (κ2) is 7.13. The Hall–Kier alpha value is -3.32. The molecule has 4 rings (SSSR count). The number of carbonyl (C=O) groups is 1. The van der Waals surface area contributed by atoms with Crippen molar-refractivity contribution in [2.24, 2.45) is 0 Å². The van der Waals surface area contributed by atoms with E-state index in [1.807, 2.05) is 24.4 Å². The maximum absolute atomic E-state index is 14.3. The number of nitrogens with one attached hydrogen (secondary N) is 1. The molecular formula is C20H15FN4OS. The van der Waals surface area contributed by atoms with Gasteiger partial charge in [0.15, 0.2) is 0 Å². The third-order valence-corrected chi connectivity index (χ3v) is 5.01. The standard InChI is InChI=1S/C20H15FN4OS/c1-13-11-27-20(23-13)15-4-2-14(3-5-15)19(26)24-16-6-7-18(17(21)10-16)25-9-8-22-12-25/h2-12H,1H3,(H,24,26). The maximum Gasteiger partial charge on any atom is 0.255 e. The van der Waals surface area contributed by atoms with Crippen LogP contribution in [0.15, 0.2) is 66.6 Å². The van der Waals surface area contributed by atoms with E-state index in [0.717, 1.165) is 16.3 Å². The molecule has 0 spiro atoms. The Morgan fingerprint density at radius 3 is 2.63 bits per heavy atom. The Balaban J connectivity index is 1.50. The van der Waals surface area contributed by atoms with Crippen LogP contribution in [0.4, 0.5) is 10.1 Å². The summed E-state index contributed by atoms with van der Waals surface area (Å²) in [6, 6.07) is 11.7. The molecule has 0 radical (unpaired) electrons. The summed E-state index contributed by atoms with van der Waals surface area (Å²) in [5.41, 5.74) is 3.18. The van der Waals surface area contributed by atoms with Gasteiger partial charge in [-0.3, -0.25) is 4.79 Å². The van der Waals surface area contributed by atoms with Crippen LogP contribution in [0.5, 0.6) is 0 Å². The van der Waals surface area contributed by atoms with Gasteiger partial charge in [0.25, 0.3) is 5.91 Å². The predicted octanol–water partition coefficient (Wildman–Crippen LogP) is 4.70. The number of amides is 1. The number of anilines is 1. The summed E-state index contributed by atoms with van der Waals surface area (Å²) >= 11 is 1.56. The Morgan fingerprint density at radius 1 is 1.19 bits per heavy atom. The molecule has 7 heteroatoms. The van der Waals surface area contributed by atoms with E-state index < -0.39 is 5.82 Å². The van der Waals surface area contributed by atoms with Gasteiger partial charge in [0, 0.05) is 40.3 Å². The molecule has 0 saturated carbocycles. The Labute approximate surface area is 159 Å². The molecule has 27 heavy (non-hydrogen) atoms. The molecule has 0 bridgehead atoms. The number of nitrogens with zero attached hydrogens (tertiary/aromatic N) is 3. The quantitative estimate of drug-likeness (QED) is 0.560. The molecule has 2 aromatic carbocycles. The minimum Gasteiger partial charge on any atom is -0.322 e. The van der Waals surface area contributed by atoms with E-state index in [-0.39, 0.29) is 5.91 Å². The van der Waals surface area contributed by atoms with Gasteiger partial charge in [-0.25, -0.2) is 14.4 Å². The molecule has 134 valence electrons. The van der Waals surface area contributed by atoms with Gasteiger partial charge in [-0.15, -0.1) is 11.3 Å². The molecule has 0 aliphatic rings. The van der Waals surface area contributed by atoms with Crippen LogP contribution in [0.2, 0.25) is 0 Å². The van der Waals surface area contributed by atoms with E-state index in [4.69, 9.17) is 0 Å². The van der Waals surface area contributed by atoms with Crippen molar-refractivity contribution in [3.63, 3.8) is 0 Å². The zero-order chi connectivity index (χ0) is 18.8. The van der Waals surface area contributed by atoms with E-state index >= 15 is 0 Å². The molecule has 0 atom stereocenters. The first kappa shape index (κ1) is 17.1. The molecule has 0 saturated heterocycles. The fourth-order valence-electron chi connectivity index (χ4n) is 2.65. The smallest absolute Gasteiger partial charge is 0.255 e. The minimum atomic E-state index is -0.444. The second-order valence-electron chi connectivity index (χ2n) is 5.96.